The third-order valence-corrected chi connectivity index (χ3v) is 7.17. The monoisotopic (exact) mass is 532 g/mol. The number of nitrogens with zero attached hydrogens (tertiary/aromatic N) is 2. The first-order chi connectivity index (χ1) is 16.8. The first-order valence-corrected chi connectivity index (χ1v) is 12.2. The summed E-state index contributed by atoms with van der Waals surface area (Å²) in [6.07, 6.45) is -0.247. The highest BCUT2D eigenvalue weighted by Gasteiger charge is 2.42. The number of fused-ring (bicyclic) bond motifs is 1. The van der Waals surface area contributed by atoms with Crippen molar-refractivity contribution < 1.29 is 29.0 Å². The number of carbonyl (C=O) groups excluding carboxylic acids is 2. The number of carbonyl (C=O) groups is 3. The molecule has 2 heterocycles. The van der Waals surface area contributed by atoms with E-state index in [2.05, 4.69) is 0 Å². The number of amides is 2. The second kappa shape index (κ2) is 10.8. The number of hydrogen-bond acceptors (Lipinski definition) is 7. The van der Waals surface area contributed by atoms with Gasteiger partial charge in [-0.15, -0.1) is 0 Å². The fraction of sp³-hybridized carbons (Fsp3) is 0.250. The highest BCUT2D eigenvalue weighted by molar-refractivity contribution is 8.26. The Kier molecular flexibility index (Phi) is 7.75. The number of benzene rings is 2. The average Bonchev–Trinajstić information content (AvgIpc) is 3.26. The molecule has 1 saturated heterocycles. The van der Waals surface area contributed by atoms with Gasteiger partial charge in [0.05, 0.1) is 42.9 Å². The molecular weight excluding hydrogens is 512 g/mol. The lowest BCUT2D eigenvalue weighted by Crippen LogP contribution is -2.32. The number of rotatable bonds is 9. The van der Waals surface area contributed by atoms with Gasteiger partial charge in [0.15, 0.2) is 0 Å². The van der Waals surface area contributed by atoms with Gasteiger partial charge in [0.25, 0.3) is 11.8 Å². The third kappa shape index (κ3) is 5.35. The van der Waals surface area contributed by atoms with Crippen molar-refractivity contribution in [1.82, 2.24) is 4.90 Å². The van der Waals surface area contributed by atoms with E-state index < -0.39 is 11.9 Å². The molecule has 0 atom stereocenters. The maximum absolute atomic E-state index is 13.5. The van der Waals surface area contributed by atoms with E-state index in [9.17, 15) is 14.4 Å². The number of carboxylic acid groups (broad SMARTS) is 1. The van der Waals surface area contributed by atoms with Gasteiger partial charge in [-0.25, -0.2) is 0 Å². The number of thiocarbonyl (C=S) groups is 1. The van der Waals surface area contributed by atoms with Gasteiger partial charge in [-0.2, -0.15) is 0 Å². The van der Waals surface area contributed by atoms with Gasteiger partial charge in [0.2, 0.25) is 0 Å². The molecule has 0 saturated carbocycles. The van der Waals surface area contributed by atoms with Gasteiger partial charge in [0, 0.05) is 23.7 Å². The number of aliphatic carboxylic acids is 1. The van der Waals surface area contributed by atoms with Gasteiger partial charge in [0.1, 0.15) is 10.1 Å². The second-order valence-corrected chi connectivity index (χ2v) is 9.77. The van der Waals surface area contributed by atoms with Crippen LogP contribution in [-0.4, -0.2) is 58.9 Å². The molecule has 182 valence electrons. The predicted octanol–water partition coefficient (Wildman–Crippen LogP) is 3.96. The summed E-state index contributed by atoms with van der Waals surface area (Å²) in [6, 6.07) is 12.6. The Labute approximate surface area is 216 Å². The normalized spacial score (nSPS) is 17.4. The quantitative estimate of drug-likeness (QED) is 0.294. The smallest absolute Gasteiger partial charge is 0.305 e. The second-order valence-electron chi connectivity index (χ2n) is 7.69. The molecule has 2 aromatic rings. The Bertz CT molecular complexity index is 1230. The summed E-state index contributed by atoms with van der Waals surface area (Å²) in [7, 11) is 1.60. The number of methoxy groups -OCH3 is 1. The van der Waals surface area contributed by atoms with Crippen LogP contribution in [0, 0.1) is 0 Å². The molecule has 4 rings (SSSR count). The van der Waals surface area contributed by atoms with Crippen LogP contribution >= 0.6 is 35.6 Å². The van der Waals surface area contributed by atoms with Crippen LogP contribution in [-0.2, 0) is 25.7 Å². The third-order valence-electron chi connectivity index (χ3n) is 5.49. The van der Waals surface area contributed by atoms with Crippen molar-refractivity contribution in [2.75, 3.05) is 31.7 Å². The molecule has 0 unspecified atom stereocenters. The van der Waals surface area contributed by atoms with Crippen molar-refractivity contribution in [2.45, 2.75) is 13.0 Å². The molecule has 0 spiro atoms. The zero-order chi connectivity index (χ0) is 25.1. The van der Waals surface area contributed by atoms with Crippen molar-refractivity contribution in [1.29, 1.82) is 0 Å². The SMILES string of the molecule is COc1ccc(COCCN2C(=O)/C(=C3\SC(=S)N(CCC(=O)O)C3=O)c3cc(Cl)ccc32)cc1. The van der Waals surface area contributed by atoms with Gasteiger partial charge < -0.3 is 19.5 Å². The van der Waals surface area contributed by atoms with E-state index in [1.807, 2.05) is 24.3 Å². The first-order valence-electron chi connectivity index (χ1n) is 10.6. The Hall–Kier alpha value is -2.92. The number of anilines is 1. The Morgan fingerprint density at radius 3 is 2.51 bits per heavy atom. The molecule has 2 aliphatic rings. The van der Waals surface area contributed by atoms with Crippen molar-refractivity contribution >= 4 is 68.9 Å². The van der Waals surface area contributed by atoms with Gasteiger partial charge in [-0.1, -0.05) is 47.7 Å². The number of halogens is 1. The molecule has 1 fully saturated rings. The van der Waals surface area contributed by atoms with Crippen LogP contribution in [0.25, 0.3) is 5.57 Å². The zero-order valence-electron chi connectivity index (χ0n) is 18.7. The minimum absolute atomic E-state index is 0.0592. The first kappa shape index (κ1) is 25.2. The summed E-state index contributed by atoms with van der Waals surface area (Å²) in [6.45, 7) is 0.851. The van der Waals surface area contributed by atoms with Gasteiger partial charge in [-0.3, -0.25) is 19.3 Å². The minimum Gasteiger partial charge on any atom is -0.497 e. The van der Waals surface area contributed by atoms with Crippen LogP contribution in [0.5, 0.6) is 5.75 Å². The molecule has 1 N–H and O–H groups in total. The molecule has 11 heteroatoms. The summed E-state index contributed by atoms with van der Waals surface area (Å²) in [4.78, 5) is 40.4. The summed E-state index contributed by atoms with van der Waals surface area (Å²) >= 11 is 12.5. The van der Waals surface area contributed by atoms with Crippen molar-refractivity contribution in [3.05, 3.63) is 63.5 Å². The molecule has 35 heavy (non-hydrogen) atoms. The standard InChI is InChI=1S/C24H21ClN2O6S2/c1-32-16-5-2-14(3-6-16)13-33-11-10-26-18-7-4-15(25)12-17(18)20(22(26)30)21-23(31)27(24(34)35-21)9-8-19(28)29/h2-7,12H,8-11,13H2,1H3,(H,28,29)/b21-20-. The van der Waals surface area contributed by atoms with E-state index in [4.69, 9.17) is 38.4 Å². The van der Waals surface area contributed by atoms with Crippen molar-refractivity contribution in [2.24, 2.45) is 0 Å². The van der Waals surface area contributed by atoms with Crippen molar-refractivity contribution in [3.63, 3.8) is 0 Å². The maximum atomic E-state index is 13.5. The topological polar surface area (TPSA) is 96.4 Å². The summed E-state index contributed by atoms with van der Waals surface area (Å²) < 4.78 is 11.1. The van der Waals surface area contributed by atoms with Crippen LogP contribution in [0.3, 0.4) is 0 Å². The molecule has 8 nitrogen and oxygen atoms in total. The Morgan fingerprint density at radius 1 is 1.09 bits per heavy atom. The highest BCUT2D eigenvalue weighted by Crippen LogP contribution is 2.45. The molecule has 0 radical (unpaired) electrons. The van der Waals surface area contributed by atoms with Gasteiger partial charge in [-0.05, 0) is 35.9 Å². The number of ether oxygens (including phenoxy) is 2. The molecule has 0 bridgehead atoms. The van der Waals surface area contributed by atoms with Crippen LogP contribution in [0.4, 0.5) is 5.69 Å². The molecule has 0 aromatic heterocycles. The molecule has 2 aromatic carbocycles. The molecule has 2 aliphatic heterocycles. The summed E-state index contributed by atoms with van der Waals surface area (Å²) in [5.41, 5.74) is 2.35. The van der Waals surface area contributed by atoms with E-state index in [0.29, 0.717) is 22.9 Å². The lowest BCUT2D eigenvalue weighted by Gasteiger charge is -2.17. The van der Waals surface area contributed by atoms with Crippen LogP contribution in [0.2, 0.25) is 5.02 Å². The molecule has 0 aliphatic carbocycles. The number of carboxylic acids is 1. The van der Waals surface area contributed by atoms with E-state index in [0.717, 1.165) is 23.1 Å². The van der Waals surface area contributed by atoms with E-state index in [1.54, 1.807) is 30.2 Å². The van der Waals surface area contributed by atoms with Crippen LogP contribution in [0.1, 0.15) is 17.5 Å². The molecular formula is C24H21ClN2O6S2. The predicted molar refractivity (Wildman–Crippen MR) is 138 cm³/mol. The van der Waals surface area contributed by atoms with Gasteiger partial charge >= 0.3 is 5.97 Å². The fourth-order valence-electron chi connectivity index (χ4n) is 3.76. The largest absolute Gasteiger partial charge is 0.497 e. The summed E-state index contributed by atoms with van der Waals surface area (Å²) in [5, 5.41) is 9.39. The summed E-state index contributed by atoms with van der Waals surface area (Å²) in [5.74, 6) is -1.11. The van der Waals surface area contributed by atoms with Crippen molar-refractivity contribution in [3.8, 4) is 5.75 Å². The number of thioether (sulfide) groups is 1. The number of hydrogen-bond donors (Lipinski definition) is 1. The van der Waals surface area contributed by atoms with Crippen LogP contribution < -0.4 is 9.64 Å². The van der Waals surface area contributed by atoms with E-state index in [1.165, 1.54) is 4.90 Å². The zero-order valence-corrected chi connectivity index (χ0v) is 21.0. The van der Waals surface area contributed by atoms with E-state index >= 15 is 0 Å². The Morgan fingerprint density at radius 2 is 1.83 bits per heavy atom. The Balaban J connectivity index is 1.52. The lowest BCUT2D eigenvalue weighted by atomic mass is 10.1. The fourth-order valence-corrected chi connectivity index (χ4v) is 5.31. The lowest BCUT2D eigenvalue weighted by molar-refractivity contribution is -0.137. The highest BCUT2D eigenvalue weighted by atomic mass is 35.5. The average molecular weight is 533 g/mol. The molecule has 2 amide bonds. The van der Waals surface area contributed by atoms with E-state index in [-0.39, 0.29) is 46.8 Å². The van der Waals surface area contributed by atoms with Crippen LogP contribution in [0.15, 0.2) is 47.4 Å². The minimum atomic E-state index is -1.04. The maximum Gasteiger partial charge on any atom is 0.305 e.